The normalized spacial score (nSPS) is 10.0. The predicted molar refractivity (Wildman–Crippen MR) is 78.9 cm³/mol. The number of aromatic carboxylic acids is 1. The highest BCUT2D eigenvalue weighted by atomic mass is 16.4. The average molecular weight is 285 g/mol. The number of carbonyl (C=O) groups excluding carboxylic acids is 1. The summed E-state index contributed by atoms with van der Waals surface area (Å²) in [5.74, 6) is -1.19. The standard InChI is InChI=1S/C15H15N3O3/c1-18(2)14(19)13-9-12(6-7-16-13)17-11-5-3-4-10(8-11)15(20)21/h3-9H,1-2H3,(H,16,17)(H,20,21). The molecule has 2 N–H and O–H groups in total. The molecule has 0 saturated heterocycles. The molecule has 0 spiro atoms. The van der Waals surface area contributed by atoms with Crippen LogP contribution in [0.2, 0.25) is 0 Å². The minimum atomic E-state index is -0.989. The smallest absolute Gasteiger partial charge is 0.335 e. The topological polar surface area (TPSA) is 82.5 Å². The van der Waals surface area contributed by atoms with Crippen molar-refractivity contribution in [3.05, 3.63) is 53.9 Å². The van der Waals surface area contributed by atoms with E-state index in [9.17, 15) is 9.59 Å². The number of nitrogens with one attached hydrogen (secondary N) is 1. The molecule has 0 unspecified atom stereocenters. The Morgan fingerprint density at radius 2 is 1.86 bits per heavy atom. The summed E-state index contributed by atoms with van der Waals surface area (Å²) in [6, 6.07) is 9.77. The van der Waals surface area contributed by atoms with E-state index in [-0.39, 0.29) is 11.5 Å². The number of aromatic nitrogens is 1. The number of nitrogens with zero attached hydrogens (tertiary/aromatic N) is 2. The molecule has 0 aliphatic carbocycles. The number of benzene rings is 1. The summed E-state index contributed by atoms with van der Waals surface area (Å²) in [5, 5.41) is 12.0. The molecule has 1 heterocycles. The van der Waals surface area contributed by atoms with E-state index in [4.69, 9.17) is 5.11 Å². The van der Waals surface area contributed by atoms with Gasteiger partial charge in [-0.2, -0.15) is 0 Å². The van der Waals surface area contributed by atoms with Crippen LogP contribution in [0.4, 0.5) is 11.4 Å². The Morgan fingerprint density at radius 3 is 2.52 bits per heavy atom. The van der Waals surface area contributed by atoms with Crippen LogP contribution in [0.25, 0.3) is 0 Å². The number of rotatable bonds is 4. The van der Waals surface area contributed by atoms with Crippen LogP contribution in [0, 0.1) is 0 Å². The number of amides is 1. The van der Waals surface area contributed by atoms with Crippen molar-refractivity contribution in [2.75, 3.05) is 19.4 Å². The zero-order valence-electron chi connectivity index (χ0n) is 11.7. The lowest BCUT2D eigenvalue weighted by molar-refractivity contribution is 0.0696. The first kappa shape index (κ1) is 14.5. The minimum absolute atomic E-state index is 0.193. The highest BCUT2D eigenvalue weighted by Crippen LogP contribution is 2.18. The quantitative estimate of drug-likeness (QED) is 0.900. The number of carboxylic acids is 1. The molecular formula is C15H15N3O3. The lowest BCUT2D eigenvalue weighted by atomic mass is 10.2. The van der Waals surface area contributed by atoms with Crippen molar-refractivity contribution in [2.24, 2.45) is 0 Å². The van der Waals surface area contributed by atoms with Gasteiger partial charge < -0.3 is 15.3 Å². The van der Waals surface area contributed by atoms with E-state index in [1.54, 1.807) is 38.4 Å². The fourth-order valence-corrected chi connectivity index (χ4v) is 1.75. The maximum Gasteiger partial charge on any atom is 0.335 e. The second kappa shape index (κ2) is 6.04. The molecule has 1 aromatic carbocycles. The minimum Gasteiger partial charge on any atom is -0.478 e. The van der Waals surface area contributed by atoms with Crippen LogP contribution >= 0.6 is 0 Å². The van der Waals surface area contributed by atoms with Crippen molar-refractivity contribution in [1.29, 1.82) is 0 Å². The molecule has 6 heteroatoms. The molecule has 2 aromatic rings. The van der Waals surface area contributed by atoms with E-state index < -0.39 is 5.97 Å². The Hall–Kier alpha value is -2.89. The molecule has 0 aliphatic heterocycles. The molecule has 0 atom stereocenters. The van der Waals surface area contributed by atoms with Crippen LogP contribution in [0.5, 0.6) is 0 Å². The Labute approximate surface area is 122 Å². The van der Waals surface area contributed by atoms with Crippen LogP contribution in [-0.4, -0.2) is 41.0 Å². The third-order valence-electron chi connectivity index (χ3n) is 2.78. The van der Waals surface area contributed by atoms with Gasteiger partial charge in [-0.3, -0.25) is 9.78 Å². The van der Waals surface area contributed by atoms with Gasteiger partial charge in [0.05, 0.1) is 5.56 Å². The van der Waals surface area contributed by atoms with E-state index in [0.29, 0.717) is 17.1 Å². The molecule has 0 saturated carbocycles. The van der Waals surface area contributed by atoms with Crippen molar-refractivity contribution in [2.45, 2.75) is 0 Å². The number of hydrogen-bond donors (Lipinski definition) is 2. The second-order valence-electron chi connectivity index (χ2n) is 4.64. The molecule has 0 bridgehead atoms. The van der Waals surface area contributed by atoms with Gasteiger partial charge in [0.1, 0.15) is 5.69 Å². The van der Waals surface area contributed by atoms with Crippen molar-refractivity contribution in [3.63, 3.8) is 0 Å². The van der Waals surface area contributed by atoms with Gasteiger partial charge >= 0.3 is 5.97 Å². The SMILES string of the molecule is CN(C)C(=O)c1cc(Nc2cccc(C(=O)O)c2)ccn1. The van der Waals surface area contributed by atoms with Gasteiger partial charge in [0.2, 0.25) is 0 Å². The maximum absolute atomic E-state index is 11.9. The van der Waals surface area contributed by atoms with Gasteiger partial charge in [-0.1, -0.05) is 6.07 Å². The monoisotopic (exact) mass is 285 g/mol. The fraction of sp³-hybridized carbons (Fsp3) is 0.133. The Bertz CT molecular complexity index is 683. The highest BCUT2D eigenvalue weighted by molar-refractivity contribution is 5.93. The largest absolute Gasteiger partial charge is 0.478 e. The van der Waals surface area contributed by atoms with E-state index in [1.165, 1.54) is 23.2 Å². The van der Waals surface area contributed by atoms with E-state index in [1.807, 2.05) is 0 Å². The van der Waals surface area contributed by atoms with E-state index in [0.717, 1.165) is 0 Å². The number of carboxylic acid groups (broad SMARTS) is 1. The summed E-state index contributed by atoms with van der Waals surface area (Å²) in [6.45, 7) is 0. The van der Waals surface area contributed by atoms with Gasteiger partial charge in [-0.25, -0.2) is 4.79 Å². The van der Waals surface area contributed by atoms with Gasteiger partial charge in [0, 0.05) is 31.7 Å². The van der Waals surface area contributed by atoms with Crippen molar-refractivity contribution in [1.82, 2.24) is 9.88 Å². The first-order valence-corrected chi connectivity index (χ1v) is 6.25. The first-order chi connectivity index (χ1) is 9.97. The molecular weight excluding hydrogens is 270 g/mol. The molecule has 21 heavy (non-hydrogen) atoms. The molecule has 0 aliphatic rings. The number of anilines is 2. The van der Waals surface area contributed by atoms with Crippen LogP contribution in [0.1, 0.15) is 20.8 Å². The first-order valence-electron chi connectivity index (χ1n) is 6.25. The maximum atomic E-state index is 11.9. The zero-order chi connectivity index (χ0) is 15.4. The number of hydrogen-bond acceptors (Lipinski definition) is 4. The third-order valence-corrected chi connectivity index (χ3v) is 2.78. The number of pyridine rings is 1. The Balaban J connectivity index is 2.24. The summed E-state index contributed by atoms with van der Waals surface area (Å²) < 4.78 is 0. The zero-order valence-corrected chi connectivity index (χ0v) is 11.7. The third kappa shape index (κ3) is 3.56. The summed E-state index contributed by atoms with van der Waals surface area (Å²) >= 11 is 0. The molecule has 6 nitrogen and oxygen atoms in total. The predicted octanol–water partition coefficient (Wildman–Crippen LogP) is 2.23. The molecule has 2 rings (SSSR count). The van der Waals surface area contributed by atoms with Gasteiger partial charge in [-0.15, -0.1) is 0 Å². The Kier molecular flexibility index (Phi) is 4.18. The van der Waals surface area contributed by atoms with Gasteiger partial charge in [0.15, 0.2) is 0 Å². The summed E-state index contributed by atoms with van der Waals surface area (Å²) in [7, 11) is 3.31. The average Bonchev–Trinajstić information content (AvgIpc) is 2.47. The number of carbonyl (C=O) groups is 2. The molecule has 1 amide bonds. The van der Waals surface area contributed by atoms with Crippen LogP contribution in [-0.2, 0) is 0 Å². The van der Waals surface area contributed by atoms with Crippen molar-refractivity contribution in [3.8, 4) is 0 Å². The lowest BCUT2D eigenvalue weighted by Crippen LogP contribution is -2.22. The van der Waals surface area contributed by atoms with Gasteiger partial charge in [-0.05, 0) is 30.3 Å². The van der Waals surface area contributed by atoms with E-state index >= 15 is 0 Å². The second-order valence-corrected chi connectivity index (χ2v) is 4.64. The molecule has 1 aromatic heterocycles. The highest BCUT2D eigenvalue weighted by Gasteiger charge is 2.10. The fourth-order valence-electron chi connectivity index (χ4n) is 1.75. The molecule has 108 valence electrons. The summed E-state index contributed by atoms with van der Waals surface area (Å²) in [5.41, 5.74) is 1.81. The van der Waals surface area contributed by atoms with E-state index in [2.05, 4.69) is 10.3 Å². The summed E-state index contributed by atoms with van der Waals surface area (Å²) in [4.78, 5) is 28.3. The molecule has 0 radical (unpaired) electrons. The van der Waals surface area contributed by atoms with Gasteiger partial charge in [0.25, 0.3) is 5.91 Å². The van der Waals surface area contributed by atoms with Crippen molar-refractivity contribution < 1.29 is 14.7 Å². The van der Waals surface area contributed by atoms with Crippen LogP contribution in [0.3, 0.4) is 0 Å². The summed E-state index contributed by atoms with van der Waals surface area (Å²) in [6.07, 6.45) is 1.53. The van der Waals surface area contributed by atoms with Crippen LogP contribution < -0.4 is 5.32 Å². The lowest BCUT2D eigenvalue weighted by Gasteiger charge is -2.11. The van der Waals surface area contributed by atoms with Crippen LogP contribution in [0.15, 0.2) is 42.6 Å². The molecule has 0 fully saturated rings. The Morgan fingerprint density at radius 1 is 1.14 bits per heavy atom. The van der Waals surface area contributed by atoms with Crippen molar-refractivity contribution >= 4 is 23.3 Å².